The molecular weight excluding hydrogens is 186 g/mol. The Morgan fingerprint density at radius 1 is 1.47 bits per heavy atom. The van der Waals surface area contributed by atoms with Crippen molar-refractivity contribution in [2.45, 2.75) is 39.7 Å². The zero-order valence-electron chi connectivity index (χ0n) is 10.1. The molecule has 0 amide bonds. The molecule has 0 fully saturated rings. The van der Waals surface area contributed by atoms with Crippen LogP contribution in [0.4, 0.5) is 0 Å². The van der Waals surface area contributed by atoms with E-state index in [0.29, 0.717) is 0 Å². The van der Waals surface area contributed by atoms with E-state index in [1.165, 1.54) is 5.57 Å². The summed E-state index contributed by atoms with van der Waals surface area (Å²) in [5.74, 6) is 0.964. The largest absolute Gasteiger partial charge is 0.465 e. The molecule has 0 saturated heterocycles. The molecule has 0 aliphatic carbocycles. The van der Waals surface area contributed by atoms with Crippen molar-refractivity contribution >= 4 is 5.57 Å². The Labute approximate surface area is 92.4 Å². The lowest BCUT2D eigenvalue weighted by molar-refractivity contribution is 0.431. The minimum atomic E-state index is 0.201. The molecule has 1 aromatic rings. The average molecular weight is 207 g/mol. The van der Waals surface area contributed by atoms with Gasteiger partial charge in [-0.3, -0.25) is 0 Å². The van der Waals surface area contributed by atoms with Gasteiger partial charge in [0.2, 0.25) is 0 Å². The monoisotopic (exact) mass is 207 g/mol. The highest BCUT2D eigenvalue weighted by atomic mass is 16.3. The fourth-order valence-electron chi connectivity index (χ4n) is 1.34. The quantitative estimate of drug-likeness (QED) is 0.765. The molecule has 1 N–H and O–H groups in total. The molecular formula is C13H21NO. The molecule has 0 bridgehead atoms. The van der Waals surface area contributed by atoms with Gasteiger partial charge in [0.05, 0.1) is 6.26 Å². The molecule has 2 heteroatoms. The number of hydrogen-bond donors (Lipinski definition) is 1. The molecule has 0 radical (unpaired) electrons. The maximum Gasteiger partial charge on any atom is 0.129 e. The van der Waals surface area contributed by atoms with Gasteiger partial charge in [-0.05, 0) is 58.4 Å². The topological polar surface area (TPSA) is 25.2 Å². The molecule has 1 heterocycles. The minimum Gasteiger partial charge on any atom is -0.465 e. The lowest BCUT2D eigenvalue weighted by atomic mass is 10.1. The molecule has 2 nitrogen and oxygen atoms in total. The number of allylic oxidation sites excluding steroid dienone is 1. The second-order valence-corrected chi connectivity index (χ2v) is 4.83. The molecule has 0 atom stereocenters. The summed E-state index contributed by atoms with van der Waals surface area (Å²) < 4.78 is 5.30. The van der Waals surface area contributed by atoms with E-state index in [-0.39, 0.29) is 5.54 Å². The summed E-state index contributed by atoms with van der Waals surface area (Å²) in [6, 6.07) is 3.91. The summed E-state index contributed by atoms with van der Waals surface area (Å²) in [6.07, 6.45) is 4.95. The summed E-state index contributed by atoms with van der Waals surface area (Å²) >= 11 is 0. The van der Waals surface area contributed by atoms with Gasteiger partial charge in [0.1, 0.15) is 5.76 Å². The van der Waals surface area contributed by atoms with Crippen LogP contribution in [0.1, 0.15) is 39.9 Å². The normalized spacial score (nSPS) is 13.2. The highest BCUT2D eigenvalue weighted by molar-refractivity contribution is 5.58. The van der Waals surface area contributed by atoms with E-state index >= 15 is 0 Å². The predicted molar refractivity (Wildman–Crippen MR) is 64.7 cm³/mol. The summed E-state index contributed by atoms with van der Waals surface area (Å²) in [5, 5.41) is 3.45. The van der Waals surface area contributed by atoms with Crippen molar-refractivity contribution in [3.63, 3.8) is 0 Å². The maximum atomic E-state index is 5.30. The van der Waals surface area contributed by atoms with Crippen LogP contribution in [-0.4, -0.2) is 12.1 Å². The van der Waals surface area contributed by atoms with Crippen molar-refractivity contribution in [1.82, 2.24) is 5.32 Å². The fourth-order valence-corrected chi connectivity index (χ4v) is 1.34. The zero-order valence-corrected chi connectivity index (χ0v) is 10.1. The summed E-state index contributed by atoms with van der Waals surface area (Å²) in [7, 11) is 0. The van der Waals surface area contributed by atoms with E-state index in [1.807, 2.05) is 12.1 Å². The third kappa shape index (κ3) is 4.84. The van der Waals surface area contributed by atoms with Gasteiger partial charge in [-0.25, -0.2) is 0 Å². The summed E-state index contributed by atoms with van der Waals surface area (Å²) in [6.45, 7) is 9.61. The van der Waals surface area contributed by atoms with E-state index in [1.54, 1.807) is 6.26 Å². The van der Waals surface area contributed by atoms with Crippen LogP contribution >= 0.6 is 0 Å². The smallest absolute Gasteiger partial charge is 0.129 e. The van der Waals surface area contributed by atoms with Gasteiger partial charge >= 0.3 is 0 Å². The number of hydrogen-bond acceptors (Lipinski definition) is 2. The van der Waals surface area contributed by atoms with Crippen LogP contribution in [-0.2, 0) is 0 Å². The fraction of sp³-hybridized carbons (Fsp3) is 0.538. The van der Waals surface area contributed by atoms with Crippen molar-refractivity contribution in [2.24, 2.45) is 0 Å². The maximum absolute atomic E-state index is 5.30. The Bertz CT molecular complexity index is 304. The first-order valence-corrected chi connectivity index (χ1v) is 5.45. The molecule has 84 valence electrons. The van der Waals surface area contributed by atoms with E-state index < -0.39 is 0 Å². The van der Waals surface area contributed by atoms with Gasteiger partial charge < -0.3 is 9.73 Å². The van der Waals surface area contributed by atoms with Crippen LogP contribution in [0.2, 0.25) is 0 Å². The number of rotatable bonds is 4. The molecule has 1 aromatic heterocycles. The molecule has 0 aromatic carbocycles. The minimum absolute atomic E-state index is 0.201. The Kier molecular flexibility index (Phi) is 4.15. The van der Waals surface area contributed by atoms with Gasteiger partial charge in [0.25, 0.3) is 0 Å². The molecule has 1 rings (SSSR count). The third-order valence-electron chi connectivity index (χ3n) is 2.16. The van der Waals surface area contributed by atoms with E-state index in [2.05, 4.69) is 39.1 Å². The SMILES string of the molecule is CC(=CCCNC(C)(C)C)c1ccco1. The molecule has 15 heavy (non-hydrogen) atoms. The predicted octanol–water partition coefficient (Wildman–Crippen LogP) is 3.46. The van der Waals surface area contributed by atoms with Crippen LogP contribution in [0, 0.1) is 0 Å². The first-order chi connectivity index (χ1) is 6.99. The number of furan rings is 1. The summed E-state index contributed by atoms with van der Waals surface area (Å²) in [4.78, 5) is 0. The van der Waals surface area contributed by atoms with Gasteiger partial charge in [-0.2, -0.15) is 0 Å². The first-order valence-electron chi connectivity index (χ1n) is 5.45. The van der Waals surface area contributed by atoms with Crippen LogP contribution in [0.3, 0.4) is 0 Å². The van der Waals surface area contributed by atoms with Crippen molar-refractivity contribution in [3.8, 4) is 0 Å². The molecule has 0 unspecified atom stereocenters. The highest BCUT2D eigenvalue weighted by Crippen LogP contribution is 2.14. The Hall–Kier alpha value is -1.02. The van der Waals surface area contributed by atoms with Crippen molar-refractivity contribution in [1.29, 1.82) is 0 Å². The second-order valence-electron chi connectivity index (χ2n) is 4.83. The van der Waals surface area contributed by atoms with Crippen molar-refractivity contribution < 1.29 is 4.42 Å². The lowest BCUT2D eigenvalue weighted by Gasteiger charge is -2.19. The standard InChI is InChI=1S/C13H21NO/c1-11(12-8-6-10-15-12)7-5-9-14-13(2,3)4/h6-8,10,14H,5,9H2,1-4H3. The Balaban J connectivity index is 2.33. The van der Waals surface area contributed by atoms with Crippen LogP contribution in [0.15, 0.2) is 28.9 Å². The number of nitrogens with one attached hydrogen (secondary N) is 1. The average Bonchev–Trinajstić information content (AvgIpc) is 2.63. The van der Waals surface area contributed by atoms with Gasteiger partial charge in [-0.1, -0.05) is 6.08 Å². The van der Waals surface area contributed by atoms with Crippen LogP contribution in [0.25, 0.3) is 5.57 Å². The summed E-state index contributed by atoms with van der Waals surface area (Å²) in [5.41, 5.74) is 1.41. The Morgan fingerprint density at radius 2 is 2.20 bits per heavy atom. The highest BCUT2D eigenvalue weighted by Gasteiger charge is 2.06. The Morgan fingerprint density at radius 3 is 2.73 bits per heavy atom. The van der Waals surface area contributed by atoms with Gasteiger partial charge in [0.15, 0.2) is 0 Å². The zero-order chi connectivity index (χ0) is 11.3. The molecule has 0 saturated carbocycles. The van der Waals surface area contributed by atoms with E-state index in [4.69, 9.17) is 4.42 Å². The van der Waals surface area contributed by atoms with Crippen molar-refractivity contribution in [2.75, 3.05) is 6.54 Å². The second kappa shape index (κ2) is 5.17. The van der Waals surface area contributed by atoms with Gasteiger partial charge in [0, 0.05) is 5.54 Å². The van der Waals surface area contributed by atoms with E-state index in [9.17, 15) is 0 Å². The first kappa shape index (κ1) is 12.1. The molecule has 0 aliphatic rings. The van der Waals surface area contributed by atoms with Crippen molar-refractivity contribution in [3.05, 3.63) is 30.2 Å². The van der Waals surface area contributed by atoms with Crippen LogP contribution < -0.4 is 5.32 Å². The van der Waals surface area contributed by atoms with E-state index in [0.717, 1.165) is 18.7 Å². The third-order valence-corrected chi connectivity index (χ3v) is 2.16. The lowest BCUT2D eigenvalue weighted by Crippen LogP contribution is -2.36. The van der Waals surface area contributed by atoms with Gasteiger partial charge in [-0.15, -0.1) is 0 Å². The molecule has 0 aliphatic heterocycles. The van der Waals surface area contributed by atoms with Crippen LogP contribution in [0.5, 0.6) is 0 Å². The molecule has 0 spiro atoms.